The van der Waals surface area contributed by atoms with Crippen LogP contribution in [0.3, 0.4) is 0 Å². The van der Waals surface area contributed by atoms with E-state index in [1.807, 2.05) is 0 Å². The summed E-state index contributed by atoms with van der Waals surface area (Å²) < 4.78 is 16.7. The first kappa shape index (κ1) is 53.4. The third-order valence-electron chi connectivity index (χ3n) is 11.4. The van der Waals surface area contributed by atoms with Crippen LogP contribution in [0.2, 0.25) is 0 Å². The second-order valence-corrected chi connectivity index (χ2v) is 17.0. The Hall–Kier alpha value is -1.59. The lowest BCUT2D eigenvalue weighted by Gasteiger charge is -2.18. The molecule has 6 nitrogen and oxygen atoms in total. The van der Waals surface area contributed by atoms with Crippen LogP contribution in [-0.4, -0.2) is 37.2 Å². The molecule has 0 radical (unpaired) electrons. The topological polar surface area (TPSA) is 78.9 Å². The molecule has 0 aliphatic heterocycles. The molecule has 0 spiro atoms. The molecule has 0 fully saturated rings. The summed E-state index contributed by atoms with van der Waals surface area (Å²) in [5.41, 5.74) is 0. The molecule has 0 aromatic heterocycles. The maximum atomic E-state index is 12.7. The second kappa shape index (κ2) is 43.5. The van der Waals surface area contributed by atoms with E-state index in [2.05, 4.69) is 27.7 Å². The average molecular weight is 779 g/mol. The molecule has 0 bridgehead atoms. The highest BCUT2D eigenvalue weighted by Gasteiger charge is 2.19. The molecule has 0 rings (SSSR count). The number of carbonyl (C=O) groups is 3. The molecule has 0 saturated heterocycles. The highest BCUT2D eigenvalue weighted by atomic mass is 16.6. The summed E-state index contributed by atoms with van der Waals surface area (Å²) in [4.78, 5) is 37.8. The van der Waals surface area contributed by atoms with Gasteiger partial charge in [0.25, 0.3) is 0 Å². The van der Waals surface area contributed by atoms with Gasteiger partial charge in [0.15, 0.2) is 6.10 Å². The van der Waals surface area contributed by atoms with Crippen LogP contribution in [0.4, 0.5) is 0 Å². The Morgan fingerprint density at radius 2 is 0.636 bits per heavy atom. The number of rotatable bonds is 44. The van der Waals surface area contributed by atoms with E-state index in [0.717, 1.165) is 63.7 Å². The monoisotopic (exact) mass is 779 g/mol. The maximum absolute atomic E-state index is 12.7. The largest absolute Gasteiger partial charge is 0.462 e. The molecule has 326 valence electrons. The molecule has 6 heteroatoms. The van der Waals surface area contributed by atoms with Gasteiger partial charge < -0.3 is 14.2 Å². The van der Waals surface area contributed by atoms with Gasteiger partial charge in [-0.05, 0) is 25.2 Å². The zero-order valence-corrected chi connectivity index (χ0v) is 37.4. The lowest BCUT2D eigenvalue weighted by molar-refractivity contribution is -0.167. The molecule has 0 aliphatic carbocycles. The smallest absolute Gasteiger partial charge is 0.306 e. The maximum Gasteiger partial charge on any atom is 0.306 e. The molecule has 2 atom stereocenters. The Morgan fingerprint density at radius 3 is 0.945 bits per heavy atom. The van der Waals surface area contributed by atoms with Gasteiger partial charge in [0.1, 0.15) is 13.2 Å². The van der Waals surface area contributed by atoms with E-state index < -0.39 is 6.10 Å². The highest BCUT2D eigenvalue weighted by Crippen LogP contribution is 2.17. The SMILES string of the molecule is CCCCCCCCCCCCCCCCC(=O)O[C@H](COC(=O)CCCCCCCCCCC)COC(=O)CCCCCCCCCCCCC(C)CC. The minimum Gasteiger partial charge on any atom is -0.462 e. The summed E-state index contributed by atoms with van der Waals surface area (Å²) in [5.74, 6) is 0.0185. The fourth-order valence-electron chi connectivity index (χ4n) is 7.30. The summed E-state index contributed by atoms with van der Waals surface area (Å²) in [5, 5.41) is 0. The predicted octanol–water partition coefficient (Wildman–Crippen LogP) is 15.5. The van der Waals surface area contributed by atoms with E-state index in [0.29, 0.717) is 19.3 Å². The number of ether oxygens (including phenoxy) is 3. The lowest BCUT2D eigenvalue weighted by atomic mass is 9.99. The first-order valence-corrected chi connectivity index (χ1v) is 24.4. The lowest BCUT2D eigenvalue weighted by Crippen LogP contribution is -2.30. The first-order chi connectivity index (χ1) is 26.9. The summed E-state index contributed by atoms with van der Waals surface area (Å²) in [6.07, 6.45) is 43.6. The van der Waals surface area contributed by atoms with E-state index in [4.69, 9.17) is 14.2 Å². The van der Waals surface area contributed by atoms with Crippen molar-refractivity contribution in [1.82, 2.24) is 0 Å². The zero-order valence-electron chi connectivity index (χ0n) is 37.4. The van der Waals surface area contributed by atoms with E-state index in [1.165, 1.54) is 167 Å². The van der Waals surface area contributed by atoms with Gasteiger partial charge in [-0.3, -0.25) is 14.4 Å². The Kier molecular flexibility index (Phi) is 42.3. The molecule has 0 aromatic rings. The molecule has 0 heterocycles. The van der Waals surface area contributed by atoms with Crippen LogP contribution in [-0.2, 0) is 28.6 Å². The van der Waals surface area contributed by atoms with Crippen molar-refractivity contribution in [2.45, 2.75) is 278 Å². The first-order valence-electron chi connectivity index (χ1n) is 24.4. The van der Waals surface area contributed by atoms with Crippen LogP contribution >= 0.6 is 0 Å². The Morgan fingerprint density at radius 1 is 0.364 bits per heavy atom. The summed E-state index contributed by atoms with van der Waals surface area (Å²) in [6.45, 7) is 9.02. The van der Waals surface area contributed by atoms with Crippen LogP contribution in [0, 0.1) is 5.92 Å². The van der Waals surface area contributed by atoms with Gasteiger partial charge in [-0.25, -0.2) is 0 Å². The summed E-state index contributed by atoms with van der Waals surface area (Å²) in [7, 11) is 0. The molecule has 0 N–H and O–H groups in total. The molecular weight excluding hydrogens is 685 g/mol. The number of hydrogen-bond donors (Lipinski definition) is 0. The van der Waals surface area contributed by atoms with Gasteiger partial charge in [-0.1, -0.05) is 233 Å². The van der Waals surface area contributed by atoms with Gasteiger partial charge in [-0.15, -0.1) is 0 Å². The van der Waals surface area contributed by atoms with Crippen LogP contribution in [0.5, 0.6) is 0 Å². The van der Waals surface area contributed by atoms with E-state index >= 15 is 0 Å². The molecule has 55 heavy (non-hydrogen) atoms. The molecule has 0 aliphatic rings. The van der Waals surface area contributed by atoms with Crippen molar-refractivity contribution >= 4 is 17.9 Å². The van der Waals surface area contributed by atoms with E-state index in [9.17, 15) is 14.4 Å². The third-order valence-corrected chi connectivity index (χ3v) is 11.4. The minimum atomic E-state index is -0.759. The van der Waals surface area contributed by atoms with Crippen molar-refractivity contribution in [2.24, 2.45) is 5.92 Å². The standard InChI is InChI=1S/C49H94O6/c1-5-8-10-12-14-16-17-18-19-20-26-30-34-38-42-49(52)55-46(43-53-47(50)40-36-32-28-23-15-13-11-9-6-2)44-54-48(51)41-37-33-29-25-22-21-24-27-31-35-39-45(4)7-3/h45-46H,5-44H2,1-4H3/t45?,46-/m1/s1. The van der Waals surface area contributed by atoms with Gasteiger partial charge in [-0.2, -0.15) is 0 Å². The zero-order chi connectivity index (χ0) is 40.3. The number of unbranched alkanes of at least 4 members (excludes halogenated alkanes) is 30. The normalized spacial score (nSPS) is 12.4. The Balaban J connectivity index is 4.30. The molecule has 0 amide bonds. The summed E-state index contributed by atoms with van der Waals surface area (Å²) >= 11 is 0. The van der Waals surface area contributed by atoms with Gasteiger partial charge in [0.05, 0.1) is 0 Å². The van der Waals surface area contributed by atoms with Crippen molar-refractivity contribution in [3.8, 4) is 0 Å². The average Bonchev–Trinajstić information content (AvgIpc) is 3.18. The Bertz CT molecular complexity index is 828. The highest BCUT2D eigenvalue weighted by molar-refractivity contribution is 5.71. The molecule has 0 saturated carbocycles. The van der Waals surface area contributed by atoms with Crippen molar-refractivity contribution in [3.63, 3.8) is 0 Å². The predicted molar refractivity (Wildman–Crippen MR) is 233 cm³/mol. The van der Waals surface area contributed by atoms with E-state index in [1.54, 1.807) is 0 Å². The number of hydrogen-bond acceptors (Lipinski definition) is 6. The molecule has 0 aromatic carbocycles. The quantitative estimate of drug-likeness (QED) is 0.0348. The third kappa shape index (κ3) is 41.9. The number of esters is 3. The van der Waals surface area contributed by atoms with Gasteiger partial charge >= 0.3 is 17.9 Å². The molecular formula is C49H94O6. The molecule has 1 unspecified atom stereocenters. The van der Waals surface area contributed by atoms with Crippen LogP contribution in [0.15, 0.2) is 0 Å². The number of carbonyl (C=O) groups excluding carboxylic acids is 3. The van der Waals surface area contributed by atoms with Crippen molar-refractivity contribution in [2.75, 3.05) is 13.2 Å². The van der Waals surface area contributed by atoms with Crippen molar-refractivity contribution in [1.29, 1.82) is 0 Å². The van der Waals surface area contributed by atoms with Crippen molar-refractivity contribution < 1.29 is 28.6 Å². The fourth-order valence-corrected chi connectivity index (χ4v) is 7.30. The fraction of sp³-hybridized carbons (Fsp3) is 0.939. The van der Waals surface area contributed by atoms with E-state index in [-0.39, 0.29) is 31.1 Å². The Labute approximate surface area is 342 Å². The summed E-state index contributed by atoms with van der Waals surface area (Å²) in [6, 6.07) is 0. The van der Waals surface area contributed by atoms with Gasteiger partial charge in [0.2, 0.25) is 0 Å². The van der Waals surface area contributed by atoms with Crippen LogP contribution < -0.4 is 0 Å². The van der Waals surface area contributed by atoms with Crippen LogP contribution in [0.1, 0.15) is 272 Å². The van der Waals surface area contributed by atoms with Gasteiger partial charge in [0, 0.05) is 19.3 Å². The van der Waals surface area contributed by atoms with Crippen molar-refractivity contribution in [3.05, 3.63) is 0 Å². The minimum absolute atomic E-state index is 0.0635. The second-order valence-electron chi connectivity index (χ2n) is 17.0. The van der Waals surface area contributed by atoms with Crippen LogP contribution in [0.25, 0.3) is 0 Å².